The third-order valence-electron chi connectivity index (χ3n) is 3.52. The average molecular weight is 436 g/mol. The van der Waals surface area contributed by atoms with Gasteiger partial charge in [-0.1, -0.05) is 39.7 Å². The fraction of sp³-hybridized carbons (Fsp3) is 0.0556. The normalized spacial score (nSPS) is 13.9. The van der Waals surface area contributed by atoms with Gasteiger partial charge in [0.2, 0.25) is 0 Å². The molecule has 0 spiro atoms. The van der Waals surface area contributed by atoms with Crippen molar-refractivity contribution in [1.29, 1.82) is 0 Å². The van der Waals surface area contributed by atoms with Crippen molar-refractivity contribution in [2.24, 2.45) is 0 Å². The number of hydrogen-bond acceptors (Lipinski definition) is 4. The van der Waals surface area contributed by atoms with E-state index in [0.29, 0.717) is 22.9 Å². The molecule has 1 aliphatic rings. The molecule has 0 unspecified atom stereocenters. The number of amides is 4. The zero-order valence-corrected chi connectivity index (χ0v) is 15.6. The van der Waals surface area contributed by atoms with Crippen LogP contribution < -0.4 is 15.4 Å². The number of hydrogen-bond donors (Lipinski definition) is 2. The Kier molecular flexibility index (Phi) is 5.39. The molecule has 132 valence electrons. The fourth-order valence-corrected chi connectivity index (χ4v) is 2.71. The maximum Gasteiger partial charge on any atom is 0.328 e. The maximum absolute atomic E-state index is 11.9. The van der Waals surface area contributed by atoms with Gasteiger partial charge in [0.1, 0.15) is 17.9 Å². The molecule has 0 bridgehead atoms. The molecule has 2 aromatic carbocycles. The summed E-state index contributed by atoms with van der Waals surface area (Å²) in [5, 5.41) is 4.46. The first-order valence-corrected chi connectivity index (χ1v) is 8.64. The van der Waals surface area contributed by atoms with E-state index in [4.69, 9.17) is 16.3 Å². The van der Waals surface area contributed by atoms with Gasteiger partial charge in [-0.3, -0.25) is 20.2 Å². The standard InChI is InChI=1S/C18H12BrClN2O4/c19-12-3-1-10(2-4-12)9-26-15-6-5-13(20)7-11(15)8-14-16(23)21-18(25)22-17(14)24/h1-8H,9H2,(H2,21,22,23,24,25). The van der Waals surface area contributed by atoms with Gasteiger partial charge in [-0.15, -0.1) is 0 Å². The van der Waals surface area contributed by atoms with Crippen molar-refractivity contribution < 1.29 is 19.1 Å². The van der Waals surface area contributed by atoms with Crippen molar-refractivity contribution >= 4 is 51.5 Å². The molecule has 3 rings (SSSR count). The summed E-state index contributed by atoms with van der Waals surface area (Å²) in [7, 11) is 0. The van der Waals surface area contributed by atoms with Gasteiger partial charge in [0.25, 0.3) is 11.8 Å². The zero-order chi connectivity index (χ0) is 18.7. The highest BCUT2D eigenvalue weighted by Gasteiger charge is 2.28. The number of rotatable bonds is 4. The van der Waals surface area contributed by atoms with Crippen molar-refractivity contribution in [1.82, 2.24) is 10.6 Å². The molecular formula is C18H12BrClN2O4. The minimum Gasteiger partial charge on any atom is -0.488 e. The molecule has 0 aromatic heterocycles. The molecule has 1 heterocycles. The first-order chi connectivity index (χ1) is 12.4. The quantitative estimate of drug-likeness (QED) is 0.569. The fourth-order valence-electron chi connectivity index (χ4n) is 2.27. The Morgan fingerprint density at radius 3 is 2.31 bits per heavy atom. The monoisotopic (exact) mass is 434 g/mol. The van der Waals surface area contributed by atoms with Crippen LogP contribution in [0.2, 0.25) is 5.02 Å². The third-order valence-corrected chi connectivity index (χ3v) is 4.29. The van der Waals surface area contributed by atoms with E-state index in [1.165, 1.54) is 6.08 Å². The van der Waals surface area contributed by atoms with Gasteiger partial charge in [-0.25, -0.2) is 4.79 Å². The lowest BCUT2D eigenvalue weighted by molar-refractivity contribution is -0.123. The summed E-state index contributed by atoms with van der Waals surface area (Å²) in [6.07, 6.45) is 1.33. The van der Waals surface area contributed by atoms with Gasteiger partial charge < -0.3 is 4.74 Å². The van der Waals surface area contributed by atoms with Crippen LogP contribution in [0.25, 0.3) is 6.08 Å². The number of urea groups is 1. The van der Waals surface area contributed by atoms with Crippen LogP contribution in [-0.4, -0.2) is 17.8 Å². The summed E-state index contributed by atoms with van der Waals surface area (Å²) in [5.41, 5.74) is 1.19. The minimum absolute atomic E-state index is 0.208. The van der Waals surface area contributed by atoms with Crippen molar-refractivity contribution in [3.8, 4) is 5.75 Å². The van der Waals surface area contributed by atoms with Crippen LogP contribution in [0.3, 0.4) is 0 Å². The zero-order valence-electron chi connectivity index (χ0n) is 13.2. The van der Waals surface area contributed by atoms with Crippen molar-refractivity contribution in [3.05, 3.63) is 68.7 Å². The van der Waals surface area contributed by atoms with Crippen molar-refractivity contribution in [2.45, 2.75) is 6.61 Å². The number of imide groups is 2. The number of barbiturate groups is 1. The molecule has 0 saturated carbocycles. The lowest BCUT2D eigenvalue weighted by Gasteiger charge is -2.15. The molecule has 8 heteroatoms. The summed E-state index contributed by atoms with van der Waals surface area (Å²) in [6.45, 7) is 0.294. The summed E-state index contributed by atoms with van der Waals surface area (Å²) in [5.74, 6) is -1.11. The molecule has 0 aliphatic carbocycles. The van der Waals surface area contributed by atoms with Crippen LogP contribution >= 0.6 is 27.5 Å². The SMILES string of the molecule is O=C1NC(=O)C(=Cc2cc(Cl)ccc2OCc2ccc(Br)cc2)C(=O)N1. The summed E-state index contributed by atoms with van der Waals surface area (Å²) in [6, 6.07) is 11.6. The van der Waals surface area contributed by atoms with Crippen molar-refractivity contribution in [3.63, 3.8) is 0 Å². The molecule has 1 aliphatic heterocycles. The highest BCUT2D eigenvalue weighted by Crippen LogP contribution is 2.27. The topological polar surface area (TPSA) is 84.5 Å². The van der Waals surface area contributed by atoms with E-state index in [1.54, 1.807) is 18.2 Å². The van der Waals surface area contributed by atoms with Gasteiger partial charge in [-0.2, -0.15) is 0 Å². The highest BCUT2D eigenvalue weighted by molar-refractivity contribution is 9.10. The van der Waals surface area contributed by atoms with E-state index in [1.807, 2.05) is 34.9 Å². The van der Waals surface area contributed by atoms with E-state index >= 15 is 0 Å². The Balaban J connectivity index is 1.87. The van der Waals surface area contributed by atoms with Crippen LogP contribution in [0.15, 0.2) is 52.5 Å². The smallest absolute Gasteiger partial charge is 0.328 e. The van der Waals surface area contributed by atoms with E-state index in [0.717, 1.165) is 10.0 Å². The van der Waals surface area contributed by atoms with E-state index in [2.05, 4.69) is 15.9 Å². The molecule has 0 atom stereocenters. The van der Waals surface area contributed by atoms with Crippen LogP contribution in [0.5, 0.6) is 5.75 Å². The first kappa shape index (κ1) is 18.2. The number of halogens is 2. The molecule has 4 amide bonds. The molecule has 1 fully saturated rings. The third kappa shape index (κ3) is 4.30. The highest BCUT2D eigenvalue weighted by atomic mass is 79.9. The Morgan fingerprint density at radius 2 is 1.65 bits per heavy atom. The molecule has 6 nitrogen and oxygen atoms in total. The van der Waals surface area contributed by atoms with Crippen LogP contribution in [0.4, 0.5) is 4.79 Å². The molecule has 26 heavy (non-hydrogen) atoms. The second-order valence-corrected chi connectivity index (χ2v) is 6.74. The Bertz CT molecular complexity index is 903. The van der Waals surface area contributed by atoms with Crippen LogP contribution in [-0.2, 0) is 16.2 Å². The summed E-state index contributed by atoms with van der Waals surface area (Å²) >= 11 is 9.39. The van der Waals surface area contributed by atoms with Gasteiger partial charge in [0, 0.05) is 15.1 Å². The summed E-state index contributed by atoms with van der Waals surface area (Å²) < 4.78 is 6.76. The number of benzene rings is 2. The number of ether oxygens (including phenoxy) is 1. The van der Waals surface area contributed by atoms with Crippen LogP contribution in [0.1, 0.15) is 11.1 Å². The predicted molar refractivity (Wildman–Crippen MR) is 99.6 cm³/mol. The van der Waals surface area contributed by atoms with Gasteiger partial charge >= 0.3 is 6.03 Å². The van der Waals surface area contributed by atoms with Gasteiger partial charge in [0.15, 0.2) is 0 Å². The summed E-state index contributed by atoms with van der Waals surface area (Å²) in [4.78, 5) is 34.9. The molecule has 2 aromatic rings. The number of carbonyl (C=O) groups is 3. The largest absolute Gasteiger partial charge is 0.488 e. The van der Waals surface area contributed by atoms with E-state index in [-0.39, 0.29) is 5.57 Å². The number of nitrogens with one attached hydrogen (secondary N) is 2. The van der Waals surface area contributed by atoms with Gasteiger partial charge in [0.05, 0.1) is 0 Å². The number of carbonyl (C=O) groups excluding carboxylic acids is 3. The lowest BCUT2D eigenvalue weighted by Crippen LogP contribution is -2.51. The van der Waals surface area contributed by atoms with E-state index < -0.39 is 17.8 Å². The minimum atomic E-state index is -0.852. The average Bonchev–Trinajstić information content (AvgIpc) is 2.58. The van der Waals surface area contributed by atoms with Crippen LogP contribution in [0, 0.1) is 0 Å². The molecular weight excluding hydrogens is 424 g/mol. The maximum atomic E-state index is 11.9. The van der Waals surface area contributed by atoms with Gasteiger partial charge in [-0.05, 0) is 42.0 Å². The Labute approximate surface area is 162 Å². The van der Waals surface area contributed by atoms with Crippen molar-refractivity contribution in [2.75, 3.05) is 0 Å². The predicted octanol–water partition coefficient (Wildman–Crippen LogP) is 3.43. The second-order valence-electron chi connectivity index (χ2n) is 5.39. The molecule has 0 radical (unpaired) electrons. The molecule has 1 saturated heterocycles. The second kappa shape index (κ2) is 7.72. The van der Waals surface area contributed by atoms with E-state index in [9.17, 15) is 14.4 Å². The molecule has 2 N–H and O–H groups in total. The Hall–Kier alpha value is -2.64. The lowest BCUT2D eigenvalue weighted by atomic mass is 10.1. The first-order valence-electron chi connectivity index (χ1n) is 7.47. The Morgan fingerprint density at radius 1 is 1.00 bits per heavy atom.